The van der Waals surface area contributed by atoms with E-state index in [1.165, 1.54) is 6.07 Å². The lowest BCUT2D eigenvalue weighted by Gasteiger charge is -2.20. The van der Waals surface area contributed by atoms with E-state index in [0.717, 1.165) is 6.07 Å². The van der Waals surface area contributed by atoms with Crippen molar-refractivity contribution >= 4 is 11.6 Å². The highest BCUT2D eigenvalue weighted by Gasteiger charge is 2.34. The SMILES string of the molecule is CC(C)(C)CCOc1ccc(CCl)cc1C(F)(F)F. The highest BCUT2D eigenvalue weighted by atomic mass is 35.5. The number of hydrogen-bond donors (Lipinski definition) is 0. The standard InChI is InChI=1S/C14H18ClF3O/c1-13(2,3)6-7-19-12-5-4-10(9-15)8-11(12)14(16,17)18/h4-5,8H,6-7,9H2,1-3H3. The summed E-state index contributed by atoms with van der Waals surface area (Å²) in [5, 5.41) is 0. The quantitative estimate of drug-likeness (QED) is 0.688. The number of alkyl halides is 4. The second-order valence-corrected chi connectivity index (χ2v) is 5.89. The van der Waals surface area contributed by atoms with Crippen molar-refractivity contribution in [3.8, 4) is 5.75 Å². The van der Waals surface area contributed by atoms with Crippen molar-refractivity contribution < 1.29 is 17.9 Å². The molecule has 1 aromatic carbocycles. The summed E-state index contributed by atoms with van der Waals surface area (Å²) in [6.07, 6.45) is -3.75. The summed E-state index contributed by atoms with van der Waals surface area (Å²) >= 11 is 5.56. The second kappa shape index (κ2) is 6.04. The van der Waals surface area contributed by atoms with E-state index >= 15 is 0 Å². The van der Waals surface area contributed by atoms with Crippen LogP contribution in [0.3, 0.4) is 0 Å². The summed E-state index contributed by atoms with van der Waals surface area (Å²) in [5.41, 5.74) is -0.314. The Morgan fingerprint density at radius 2 is 1.79 bits per heavy atom. The van der Waals surface area contributed by atoms with Crippen LogP contribution in [0.2, 0.25) is 0 Å². The van der Waals surface area contributed by atoms with E-state index in [2.05, 4.69) is 0 Å². The van der Waals surface area contributed by atoms with Gasteiger partial charge in [0.1, 0.15) is 5.75 Å². The van der Waals surface area contributed by atoms with E-state index in [0.29, 0.717) is 12.0 Å². The van der Waals surface area contributed by atoms with E-state index in [1.807, 2.05) is 20.8 Å². The van der Waals surface area contributed by atoms with Gasteiger partial charge >= 0.3 is 6.18 Å². The molecule has 0 radical (unpaired) electrons. The highest BCUT2D eigenvalue weighted by Crippen LogP contribution is 2.37. The first-order valence-corrected chi connectivity index (χ1v) is 6.56. The first-order chi connectivity index (χ1) is 8.63. The molecule has 0 atom stereocenters. The largest absolute Gasteiger partial charge is 0.493 e. The monoisotopic (exact) mass is 294 g/mol. The lowest BCUT2D eigenvalue weighted by molar-refractivity contribution is -0.139. The minimum Gasteiger partial charge on any atom is -0.493 e. The lowest BCUT2D eigenvalue weighted by Crippen LogP contribution is -2.14. The Bertz CT molecular complexity index is 422. The zero-order valence-electron chi connectivity index (χ0n) is 11.3. The number of halogens is 4. The molecule has 0 unspecified atom stereocenters. The Morgan fingerprint density at radius 3 is 2.26 bits per heavy atom. The molecule has 0 spiro atoms. The van der Waals surface area contributed by atoms with Crippen molar-refractivity contribution in [2.75, 3.05) is 6.61 Å². The zero-order chi connectivity index (χ0) is 14.7. The molecule has 0 fully saturated rings. The zero-order valence-corrected chi connectivity index (χ0v) is 12.0. The summed E-state index contributed by atoms with van der Waals surface area (Å²) in [6.45, 7) is 6.29. The predicted molar refractivity (Wildman–Crippen MR) is 70.6 cm³/mol. The van der Waals surface area contributed by atoms with Gasteiger partial charge in [0.2, 0.25) is 0 Å². The van der Waals surface area contributed by atoms with Gasteiger partial charge in [0.15, 0.2) is 0 Å². The van der Waals surface area contributed by atoms with E-state index < -0.39 is 11.7 Å². The Hall–Kier alpha value is -0.900. The van der Waals surface area contributed by atoms with Gasteiger partial charge in [0.25, 0.3) is 0 Å². The molecular weight excluding hydrogens is 277 g/mol. The lowest BCUT2D eigenvalue weighted by atomic mass is 9.93. The van der Waals surface area contributed by atoms with Crippen molar-refractivity contribution in [1.82, 2.24) is 0 Å². The fraction of sp³-hybridized carbons (Fsp3) is 0.571. The molecule has 1 nitrogen and oxygen atoms in total. The number of hydrogen-bond acceptors (Lipinski definition) is 1. The Morgan fingerprint density at radius 1 is 1.16 bits per heavy atom. The van der Waals surface area contributed by atoms with Crippen molar-refractivity contribution in [2.45, 2.75) is 39.2 Å². The molecule has 19 heavy (non-hydrogen) atoms. The van der Waals surface area contributed by atoms with Crippen molar-refractivity contribution in [3.05, 3.63) is 29.3 Å². The molecule has 0 heterocycles. The van der Waals surface area contributed by atoms with Crippen molar-refractivity contribution in [1.29, 1.82) is 0 Å². The van der Waals surface area contributed by atoms with Gasteiger partial charge in [0.05, 0.1) is 12.2 Å². The average Bonchev–Trinajstić information content (AvgIpc) is 2.26. The smallest absolute Gasteiger partial charge is 0.419 e. The van der Waals surface area contributed by atoms with Gasteiger partial charge in [-0.2, -0.15) is 13.2 Å². The third-order valence-electron chi connectivity index (χ3n) is 2.61. The Labute approximate surface area is 116 Å². The average molecular weight is 295 g/mol. The van der Waals surface area contributed by atoms with Gasteiger partial charge in [-0.3, -0.25) is 0 Å². The van der Waals surface area contributed by atoms with Crippen LogP contribution in [0, 0.1) is 5.41 Å². The summed E-state index contributed by atoms with van der Waals surface area (Å²) in [5.74, 6) is -0.0867. The highest BCUT2D eigenvalue weighted by molar-refractivity contribution is 6.17. The van der Waals surface area contributed by atoms with Crippen LogP contribution in [0.15, 0.2) is 18.2 Å². The van der Waals surface area contributed by atoms with E-state index in [9.17, 15) is 13.2 Å². The fourth-order valence-corrected chi connectivity index (χ4v) is 1.64. The van der Waals surface area contributed by atoms with Crippen LogP contribution in [0.25, 0.3) is 0 Å². The van der Waals surface area contributed by atoms with Crippen LogP contribution in [0.5, 0.6) is 5.75 Å². The van der Waals surface area contributed by atoms with Crippen molar-refractivity contribution in [2.24, 2.45) is 5.41 Å². The topological polar surface area (TPSA) is 9.23 Å². The summed E-state index contributed by atoms with van der Waals surface area (Å²) < 4.78 is 44.0. The Balaban J connectivity index is 2.88. The first kappa shape index (κ1) is 16.2. The fourth-order valence-electron chi connectivity index (χ4n) is 1.47. The maximum atomic E-state index is 12.9. The van der Waals surface area contributed by atoms with Crippen LogP contribution in [-0.4, -0.2) is 6.61 Å². The van der Waals surface area contributed by atoms with E-state index in [-0.39, 0.29) is 23.7 Å². The maximum absolute atomic E-state index is 12.9. The second-order valence-electron chi connectivity index (χ2n) is 5.62. The molecule has 5 heteroatoms. The van der Waals surface area contributed by atoms with Gasteiger partial charge in [-0.15, -0.1) is 11.6 Å². The molecule has 0 N–H and O–H groups in total. The third kappa shape index (κ3) is 5.31. The normalized spacial score (nSPS) is 12.6. The molecule has 0 amide bonds. The molecule has 0 aromatic heterocycles. The van der Waals surface area contributed by atoms with Crippen LogP contribution < -0.4 is 4.74 Å². The molecule has 1 rings (SSSR count). The van der Waals surface area contributed by atoms with Gasteiger partial charge in [-0.1, -0.05) is 26.8 Å². The minimum absolute atomic E-state index is 0.0223. The molecule has 0 saturated carbocycles. The van der Waals surface area contributed by atoms with Gasteiger partial charge in [0, 0.05) is 5.88 Å². The van der Waals surface area contributed by atoms with Gasteiger partial charge < -0.3 is 4.74 Å². The van der Waals surface area contributed by atoms with Crippen LogP contribution in [0.4, 0.5) is 13.2 Å². The number of rotatable bonds is 4. The van der Waals surface area contributed by atoms with E-state index in [1.54, 1.807) is 6.07 Å². The summed E-state index contributed by atoms with van der Waals surface area (Å²) in [7, 11) is 0. The summed E-state index contributed by atoms with van der Waals surface area (Å²) in [4.78, 5) is 0. The number of benzene rings is 1. The molecule has 108 valence electrons. The van der Waals surface area contributed by atoms with Crippen LogP contribution in [0.1, 0.15) is 38.3 Å². The maximum Gasteiger partial charge on any atom is 0.419 e. The molecule has 0 aliphatic heterocycles. The van der Waals surface area contributed by atoms with Gasteiger partial charge in [-0.05, 0) is 29.5 Å². The van der Waals surface area contributed by atoms with Crippen molar-refractivity contribution in [3.63, 3.8) is 0 Å². The van der Waals surface area contributed by atoms with Crippen LogP contribution >= 0.6 is 11.6 Å². The molecular formula is C14H18ClF3O. The molecule has 0 aliphatic rings. The molecule has 0 aliphatic carbocycles. The summed E-state index contributed by atoms with van der Waals surface area (Å²) in [6, 6.07) is 3.93. The predicted octanol–water partition coefficient (Wildman–Crippen LogP) is 5.26. The number of ether oxygens (including phenoxy) is 1. The van der Waals surface area contributed by atoms with E-state index in [4.69, 9.17) is 16.3 Å². The minimum atomic E-state index is -4.43. The molecule has 1 aromatic rings. The molecule has 0 saturated heterocycles. The third-order valence-corrected chi connectivity index (χ3v) is 2.92. The van der Waals surface area contributed by atoms with Gasteiger partial charge in [-0.25, -0.2) is 0 Å². The Kier molecular flexibility index (Phi) is 5.13. The first-order valence-electron chi connectivity index (χ1n) is 6.02. The van der Waals surface area contributed by atoms with Crippen LogP contribution in [-0.2, 0) is 12.1 Å². The molecule has 0 bridgehead atoms.